The highest BCUT2D eigenvalue weighted by Crippen LogP contribution is 2.68. The Kier molecular flexibility index (Phi) is 3.17. The van der Waals surface area contributed by atoms with Crippen molar-refractivity contribution < 1.29 is 4.79 Å². The third-order valence-corrected chi connectivity index (χ3v) is 6.24. The van der Waals surface area contributed by atoms with Crippen LogP contribution in [-0.2, 0) is 4.79 Å². The highest BCUT2D eigenvalue weighted by atomic mass is 16.2. The summed E-state index contributed by atoms with van der Waals surface area (Å²) in [4.78, 5) is 14.8. The molecule has 3 nitrogen and oxygen atoms in total. The Hall–Kier alpha value is -1.35. The van der Waals surface area contributed by atoms with E-state index in [1.54, 1.807) is 0 Å². The molecule has 21 heavy (non-hydrogen) atoms. The van der Waals surface area contributed by atoms with Gasteiger partial charge in [0.05, 0.1) is 6.17 Å². The molecule has 0 radical (unpaired) electrons. The second-order valence-corrected chi connectivity index (χ2v) is 7.67. The van der Waals surface area contributed by atoms with Crippen molar-refractivity contribution in [2.45, 2.75) is 46.8 Å². The third-order valence-electron chi connectivity index (χ3n) is 6.24. The van der Waals surface area contributed by atoms with Gasteiger partial charge in [-0.05, 0) is 29.2 Å². The summed E-state index contributed by atoms with van der Waals surface area (Å²) < 4.78 is 0. The lowest BCUT2D eigenvalue weighted by molar-refractivity contribution is -0.130. The number of nitrogens with zero attached hydrogens (tertiary/aromatic N) is 1. The number of amides is 1. The predicted molar refractivity (Wildman–Crippen MR) is 84.5 cm³/mol. The average Bonchev–Trinajstić information content (AvgIpc) is 2.68. The number of carbonyl (C=O) groups is 1. The Bertz CT molecular complexity index is 536. The van der Waals surface area contributed by atoms with Crippen molar-refractivity contribution in [2.24, 2.45) is 16.7 Å². The summed E-state index contributed by atoms with van der Waals surface area (Å²) in [5.41, 5.74) is 1.70. The lowest BCUT2D eigenvalue weighted by Crippen LogP contribution is -2.37. The number of benzene rings is 1. The zero-order valence-electron chi connectivity index (χ0n) is 13.7. The predicted octanol–water partition coefficient (Wildman–Crippen LogP) is 3.19. The van der Waals surface area contributed by atoms with Gasteiger partial charge < -0.3 is 4.90 Å². The molecular weight excluding hydrogens is 260 g/mol. The van der Waals surface area contributed by atoms with Gasteiger partial charge >= 0.3 is 0 Å². The molecule has 1 aliphatic carbocycles. The van der Waals surface area contributed by atoms with E-state index in [0.717, 1.165) is 12.1 Å². The molecule has 1 N–H and O–H groups in total. The van der Waals surface area contributed by atoms with Crippen LogP contribution >= 0.6 is 0 Å². The van der Waals surface area contributed by atoms with Crippen LogP contribution in [-0.4, -0.2) is 23.5 Å². The average molecular weight is 286 g/mol. The Morgan fingerprint density at radius 1 is 1.10 bits per heavy atom. The van der Waals surface area contributed by atoms with Gasteiger partial charge in [-0.1, -0.05) is 58.0 Å². The van der Waals surface area contributed by atoms with Crippen LogP contribution in [0.2, 0.25) is 0 Å². The van der Waals surface area contributed by atoms with E-state index in [4.69, 9.17) is 0 Å². The largest absolute Gasteiger partial charge is 0.325 e. The summed E-state index contributed by atoms with van der Waals surface area (Å²) in [5, 5.41) is 3.43. The Morgan fingerprint density at radius 3 is 2.19 bits per heavy atom. The molecule has 1 aromatic carbocycles. The molecule has 1 heterocycles. The fraction of sp³-hybridized carbons (Fsp3) is 0.611. The summed E-state index contributed by atoms with van der Waals surface area (Å²) >= 11 is 0. The molecule has 2 aliphatic rings. The normalized spacial score (nSPS) is 30.7. The van der Waals surface area contributed by atoms with Gasteiger partial charge in [-0.3, -0.25) is 10.1 Å². The molecule has 2 atom stereocenters. The van der Waals surface area contributed by atoms with Crippen LogP contribution in [0.5, 0.6) is 0 Å². The van der Waals surface area contributed by atoms with Crippen LogP contribution in [0.15, 0.2) is 30.3 Å². The molecule has 1 aromatic rings. The van der Waals surface area contributed by atoms with Crippen LogP contribution in [0.4, 0.5) is 0 Å². The first kappa shape index (κ1) is 14.6. The summed E-state index contributed by atoms with van der Waals surface area (Å²) in [5.74, 6) is 0.792. The maximum atomic E-state index is 12.8. The smallest absolute Gasteiger partial charge is 0.245 e. The van der Waals surface area contributed by atoms with Crippen molar-refractivity contribution in [3.63, 3.8) is 0 Å². The zero-order valence-corrected chi connectivity index (χ0v) is 13.7. The van der Waals surface area contributed by atoms with Crippen LogP contribution in [0.3, 0.4) is 0 Å². The molecule has 0 spiro atoms. The summed E-state index contributed by atoms with van der Waals surface area (Å²) in [6.45, 7) is 12.2. The molecule has 0 bridgehead atoms. The minimum Gasteiger partial charge on any atom is -0.325 e. The maximum absolute atomic E-state index is 12.8. The molecular formula is C18H26N2O. The van der Waals surface area contributed by atoms with E-state index in [0.29, 0.717) is 16.7 Å². The molecule has 2 fully saturated rings. The number of rotatable bonds is 3. The fourth-order valence-electron chi connectivity index (χ4n) is 3.88. The number of hydrogen-bond donors (Lipinski definition) is 1. The molecule has 114 valence electrons. The van der Waals surface area contributed by atoms with Crippen molar-refractivity contribution in [3.8, 4) is 0 Å². The fourth-order valence-corrected chi connectivity index (χ4v) is 3.88. The second-order valence-electron chi connectivity index (χ2n) is 7.67. The van der Waals surface area contributed by atoms with Crippen LogP contribution in [0.25, 0.3) is 0 Å². The van der Waals surface area contributed by atoms with E-state index in [-0.39, 0.29) is 18.1 Å². The van der Waals surface area contributed by atoms with Crippen molar-refractivity contribution in [2.75, 3.05) is 6.54 Å². The lowest BCUT2D eigenvalue weighted by atomic mass is 10.0. The Morgan fingerprint density at radius 2 is 1.67 bits per heavy atom. The molecule has 3 rings (SSSR count). The van der Waals surface area contributed by atoms with Gasteiger partial charge in [0.1, 0.15) is 6.04 Å². The molecule has 1 amide bonds. The second kappa shape index (κ2) is 4.57. The maximum Gasteiger partial charge on any atom is 0.245 e. The van der Waals surface area contributed by atoms with E-state index in [1.807, 2.05) is 35.2 Å². The van der Waals surface area contributed by atoms with Crippen molar-refractivity contribution in [1.82, 2.24) is 10.2 Å². The molecule has 1 saturated heterocycles. The summed E-state index contributed by atoms with van der Waals surface area (Å²) in [6, 6.07) is 9.83. The van der Waals surface area contributed by atoms with Gasteiger partial charge in [-0.15, -0.1) is 0 Å². The van der Waals surface area contributed by atoms with Gasteiger partial charge in [0.15, 0.2) is 0 Å². The van der Waals surface area contributed by atoms with E-state index in [2.05, 4.69) is 39.9 Å². The minimum atomic E-state index is -0.189. The Balaban J connectivity index is 1.75. The standard InChI is InChI=1S/C18H26N2O/c1-12-19-15(13-9-7-6-8-10-13)16(21)20(12)11-14-17(2,3)18(14,4)5/h6-10,12,14-15,19H,11H2,1-5H3. The first-order valence-electron chi connectivity index (χ1n) is 7.88. The topological polar surface area (TPSA) is 32.3 Å². The van der Waals surface area contributed by atoms with E-state index in [1.165, 1.54) is 0 Å². The SMILES string of the molecule is CC1NC(c2ccccc2)C(=O)N1CC1C(C)(C)C1(C)C. The van der Waals surface area contributed by atoms with Gasteiger partial charge in [0, 0.05) is 6.54 Å². The van der Waals surface area contributed by atoms with Crippen LogP contribution < -0.4 is 5.32 Å². The van der Waals surface area contributed by atoms with Crippen molar-refractivity contribution in [3.05, 3.63) is 35.9 Å². The number of nitrogens with one attached hydrogen (secondary N) is 1. The van der Waals surface area contributed by atoms with Crippen LogP contribution in [0, 0.1) is 16.7 Å². The first-order valence-corrected chi connectivity index (χ1v) is 7.88. The van der Waals surface area contributed by atoms with Crippen LogP contribution in [0.1, 0.15) is 46.2 Å². The van der Waals surface area contributed by atoms with E-state index < -0.39 is 0 Å². The zero-order chi connectivity index (χ0) is 15.4. The summed E-state index contributed by atoms with van der Waals surface area (Å²) in [6.07, 6.45) is 0.106. The molecule has 2 unspecified atom stereocenters. The molecule has 1 saturated carbocycles. The quantitative estimate of drug-likeness (QED) is 0.925. The number of carbonyl (C=O) groups excluding carboxylic acids is 1. The van der Waals surface area contributed by atoms with Gasteiger partial charge in [0.2, 0.25) is 5.91 Å². The van der Waals surface area contributed by atoms with E-state index >= 15 is 0 Å². The van der Waals surface area contributed by atoms with Gasteiger partial charge in [0.25, 0.3) is 0 Å². The molecule has 1 aliphatic heterocycles. The van der Waals surface area contributed by atoms with Gasteiger partial charge in [-0.25, -0.2) is 0 Å². The van der Waals surface area contributed by atoms with E-state index in [9.17, 15) is 4.79 Å². The van der Waals surface area contributed by atoms with Crippen molar-refractivity contribution >= 4 is 5.91 Å². The van der Waals surface area contributed by atoms with Gasteiger partial charge in [-0.2, -0.15) is 0 Å². The highest BCUT2D eigenvalue weighted by Gasteiger charge is 2.65. The molecule has 3 heteroatoms. The number of hydrogen-bond acceptors (Lipinski definition) is 2. The summed E-state index contributed by atoms with van der Waals surface area (Å²) in [7, 11) is 0. The third kappa shape index (κ3) is 2.10. The van der Waals surface area contributed by atoms with Crippen molar-refractivity contribution in [1.29, 1.82) is 0 Å². The molecule has 0 aromatic heterocycles. The lowest BCUT2D eigenvalue weighted by Gasteiger charge is -2.22. The monoisotopic (exact) mass is 286 g/mol. The highest BCUT2D eigenvalue weighted by molar-refractivity contribution is 5.85. The first-order chi connectivity index (χ1) is 9.76. The Labute approximate surface area is 127 Å². The minimum absolute atomic E-state index is 0.106.